The molecule has 20 heavy (non-hydrogen) atoms. The van der Waals surface area contributed by atoms with Gasteiger partial charge in [-0.25, -0.2) is 9.37 Å². The van der Waals surface area contributed by atoms with Crippen LogP contribution in [0.1, 0.15) is 27.7 Å². The van der Waals surface area contributed by atoms with Gasteiger partial charge in [-0.1, -0.05) is 12.1 Å². The fourth-order valence-corrected chi connectivity index (χ4v) is 3.10. The molecule has 3 nitrogen and oxygen atoms in total. The molecule has 0 bridgehead atoms. The number of nitrogens with zero attached hydrogens (tertiary/aromatic N) is 2. The summed E-state index contributed by atoms with van der Waals surface area (Å²) in [7, 11) is 2.04. The highest BCUT2D eigenvalue weighted by molar-refractivity contribution is 7.09. The van der Waals surface area contributed by atoms with Gasteiger partial charge in [0.15, 0.2) is 0 Å². The lowest BCUT2D eigenvalue weighted by Gasteiger charge is -2.27. The number of hydrogen-bond acceptors (Lipinski definition) is 4. The van der Waals surface area contributed by atoms with Crippen molar-refractivity contribution >= 4 is 11.3 Å². The van der Waals surface area contributed by atoms with Crippen molar-refractivity contribution in [3.8, 4) is 0 Å². The van der Waals surface area contributed by atoms with Crippen molar-refractivity contribution < 1.29 is 4.39 Å². The molecule has 108 valence electrons. The molecule has 1 aromatic carbocycles. The van der Waals surface area contributed by atoms with Gasteiger partial charge in [0.25, 0.3) is 0 Å². The Morgan fingerprint density at radius 3 is 2.70 bits per heavy atom. The number of aryl methyl sites for hydroxylation is 2. The van der Waals surface area contributed by atoms with E-state index in [0.717, 1.165) is 17.8 Å². The van der Waals surface area contributed by atoms with E-state index in [1.807, 2.05) is 31.6 Å². The van der Waals surface area contributed by atoms with Gasteiger partial charge in [-0.05, 0) is 38.1 Å². The van der Waals surface area contributed by atoms with Gasteiger partial charge in [0.2, 0.25) is 0 Å². The summed E-state index contributed by atoms with van der Waals surface area (Å²) in [5.74, 6) is -0.175. The maximum Gasteiger partial charge on any atom is 0.126 e. The summed E-state index contributed by atoms with van der Waals surface area (Å²) >= 11 is 1.65. The standard InChI is InChI=1S/C15H20FN3S/c1-10-6-12(4-5-13(10)16)14(7-17)19(3)8-15-11(2)18-9-20-15/h4-6,9,14H,7-8,17H2,1-3H3. The van der Waals surface area contributed by atoms with E-state index in [9.17, 15) is 4.39 Å². The molecule has 1 unspecified atom stereocenters. The van der Waals surface area contributed by atoms with Crippen molar-refractivity contribution in [3.63, 3.8) is 0 Å². The molecule has 1 atom stereocenters. The Hall–Kier alpha value is -1.30. The zero-order valence-corrected chi connectivity index (χ0v) is 12.9. The Labute approximate surface area is 123 Å². The molecule has 0 aliphatic rings. The van der Waals surface area contributed by atoms with E-state index in [1.165, 1.54) is 10.9 Å². The van der Waals surface area contributed by atoms with Gasteiger partial charge in [-0.3, -0.25) is 4.90 Å². The molecule has 0 fully saturated rings. The lowest BCUT2D eigenvalue weighted by molar-refractivity contribution is 0.243. The van der Waals surface area contributed by atoms with E-state index in [-0.39, 0.29) is 11.9 Å². The molecule has 2 aromatic rings. The predicted molar refractivity (Wildman–Crippen MR) is 81.3 cm³/mol. The van der Waals surface area contributed by atoms with Crippen LogP contribution in [0.3, 0.4) is 0 Å². The summed E-state index contributed by atoms with van der Waals surface area (Å²) < 4.78 is 13.4. The third kappa shape index (κ3) is 3.23. The highest BCUT2D eigenvalue weighted by Gasteiger charge is 2.18. The second-order valence-electron chi connectivity index (χ2n) is 5.04. The van der Waals surface area contributed by atoms with Crippen molar-refractivity contribution in [2.75, 3.05) is 13.6 Å². The SMILES string of the molecule is Cc1cc(C(CN)N(C)Cc2scnc2C)ccc1F. The number of thiazole rings is 1. The van der Waals surface area contributed by atoms with Crippen LogP contribution in [0.4, 0.5) is 4.39 Å². The summed E-state index contributed by atoms with van der Waals surface area (Å²) in [6.07, 6.45) is 0. The van der Waals surface area contributed by atoms with Gasteiger partial charge < -0.3 is 5.73 Å². The van der Waals surface area contributed by atoms with Crippen LogP contribution >= 0.6 is 11.3 Å². The zero-order chi connectivity index (χ0) is 14.7. The topological polar surface area (TPSA) is 42.1 Å². The first-order valence-corrected chi connectivity index (χ1v) is 7.46. The number of likely N-dealkylation sites (N-methyl/N-ethyl adjacent to an activating group) is 1. The smallest absolute Gasteiger partial charge is 0.126 e. The van der Waals surface area contributed by atoms with Crippen molar-refractivity contribution in [3.05, 3.63) is 51.2 Å². The van der Waals surface area contributed by atoms with Crippen molar-refractivity contribution in [1.29, 1.82) is 0 Å². The average Bonchev–Trinajstić information content (AvgIpc) is 2.80. The van der Waals surface area contributed by atoms with Crippen molar-refractivity contribution in [2.45, 2.75) is 26.4 Å². The molecule has 0 aliphatic heterocycles. The molecule has 2 rings (SSSR count). The van der Waals surface area contributed by atoms with Gasteiger partial charge in [0.1, 0.15) is 5.82 Å². The molecule has 0 saturated heterocycles. The summed E-state index contributed by atoms with van der Waals surface area (Å²) in [5, 5.41) is 0. The summed E-state index contributed by atoms with van der Waals surface area (Å²) in [6.45, 7) is 5.09. The molecule has 1 heterocycles. The van der Waals surface area contributed by atoms with E-state index in [4.69, 9.17) is 5.73 Å². The van der Waals surface area contributed by atoms with Crippen LogP contribution in [0.15, 0.2) is 23.7 Å². The molecular weight excluding hydrogens is 273 g/mol. The Morgan fingerprint density at radius 1 is 1.40 bits per heavy atom. The number of rotatable bonds is 5. The van der Waals surface area contributed by atoms with Crippen LogP contribution < -0.4 is 5.73 Å². The Kier molecular flexibility index (Phi) is 4.86. The van der Waals surface area contributed by atoms with Gasteiger partial charge in [-0.15, -0.1) is 11.3 Å². The number of hydrogen-bond donors (Lipinski definition) is 1. The predicted octanol–water partition coefficient (Wildman–Crippen LogP) is 3.03. The van der Waals surface area contributed by atoms with Gasteiger partial charge in [0, 0.05) is 24.0 Å². The second-order valence-corrected chi connectivity index (χ2v) is 5.98. The van der Waals surface area contributed by atoms with Crippen LogP contribution in [-0.2, 0) is 6.54 Å². The summed E-state index contributed by atoms with van der Waals surface area (Å²) in [6, 6.07) is 5.29. The van der Waals surface area contributed by atoms with Crippen molar-refractivity contribution in [2.24, 2.45) is 5.73 Å². The van der Waals surface area contributed by atoms with Crippen LogP contribution in [0.5, 0.6) is 0 Å². The quantitative estimate of drug-likeness (QED) is 0.921. The number of aromatic nitrogens is 1. The molecule has 0 saturated carbocycles. The summed E-state index contributed by atoms with van der Waals surface area (Å²) in [5.41, 5.74) is 10.5. The van der Waals surface area contributed by atoms with E-state index < -0.39 is 0 Å². The maximum absolute atomic E-state index is 13.4. The first-order chi connectivity index (χ1) is 9.52. The minimum Gasteiger partial charge on any atom is -0.329 e. The largest absolute Gasteiger partial charge is 0.329 e. The fourth-order valence-electron chi connectivity index (χ4n) is 2.26. The fraction of sp³-hybridized carbons (Fsp3) is 0.400. The van der Waals surface area contributed by atoms with Crippen LogP contribution in [0, 0.1) is 19.7 Å². The number of benzene rings is 1. The zero-order valence-electron chi connectivity index (χ0n) is 12.1. The molecule has 1 aromatic heterocycles. The number of halogens is 1. The Balaban J connectivity index is 2.18. The van der Waals surface area contributed by atoms with E-state index in [0.29, 0.717) is 12.1 Å². The minimum absolute atomic E-state index is 0.0794. The third-order valence-corrected chi connectivity index (χ3v) is 4.48. The third-order valence-electron chi connectivity index (χ3n) is 3.56. The van der Waals surface area contributed by atoms with Gasteiger partial charge in [-0.2, -0.15) is 0 Å². The molecule has 0 spiro atoms. The number of nitrogens with two attached hydrogens (primary N) is 1. The van der Waals surface area contributed by atoms with E-state index in [1.54, 1.807) is 18.3 Å². The lowest BCUT2D eigenvalue weighted by atomic mass is 10.0. The minimum atomic E-state index is -0.175. The van der Waals surface area contributed by atoms with E-state index >= 15 is 0 Å². The average molecular weight is 293 g/mol. The van der Waals surface area contributed by atoms with Crippen LogP contribution in [0.2, 0.25) is 0 Å². The van der Waals surface area contributed by atoms with Crippen LogP contribution in [0.25, 0.3) is 0 Å². The molecule has 5 heteroatoms. The normalized spacial score (nSPS) is 12.9. The molecule has 2 N–H and O–H groups in total. The highest BCUT2D eigenvalue weighted by Crippen LogP contribution is 2.24. The Morgan fingerprint density at radius 2 is 2.15 bits per heavy atom. The van der Waals surface area contributed by atoms with E-state index in [2.05, 4.69) is 9.88 Å². The molecular formula is C15H20FN3S. The first-order valence-electron chi connectivity index (χ1n) is 6.58. The maximum atomic E-state index is 13.4. The van der Waals surface area contributed by atoms with Gasteiger partial charge in [0.05, 0.1) is 11.2 Å². The highest BCUT2D eigenvalue weighted by atomic mass is 32.1. The second kappa shape index (κ2) is 6.43. The molecule has 0 radical (unpaired) electrons. The first kappa shape index (κ1) is 15.1. The van der Waals surface area contributed by atoms with Gasteiger partial charge >= 0.3 is 0 Å². The molecule has 0 aliphatic carbocycles. The molecule has 0 amide bonds. The monoisotopic (exact) mass is 293 g/mol. The lowest BCUT2D eigenvalue weighted by Crippen LogP contribution is -2.30. The van der Waals surface area contributed by atoms with Crippen LogP contribution in [-0.4, -0.2) is 23.5 Å². The summed E-state index contributed by atoms with van der Waals surface area (Å²) in [4.78, 5) is 7.69. The Bertz CT molecular complexity index is 582. The van der Waals surface area contributed by atoms with Crippen molar-refractivity contribution in [1.82, 2.24) is 9.88 Å².